The number of halogens is 2. The zero-order valence-electron chi connectivity index (χ0n) is 16.4. The van der Waals surface area contributed by atoms with Crippen molar-refractivity contribution in [1.82, 2.24) is 9.80 Å². The van der Waals surface area contributed by atoms with Gasteiger partial charge in [0.25, 0.3) is 5.91 Å². The highest BCUT2D eigenvalue weighted by Gasteiger charge is 2.26. The number of hydrogen-bond donors (Lipinski definition) is 0. The number of piperazine rings is 1. The first-order chi connectivity index (χ1) is 14.6. The van der Waals surface area contributed by atoms with Crippen molar-refractivity contribution < 1.29 is 18.3 Å². The Labute approximate surface area is 179 Å². The number of carbonyl (C=O) groups is 1. The summed E-state index contributed by atoms with van der Waals surface area (Å²) in [4.78, 5) is 16.8. The van der Waals surface area contributed by atoms with Gasteiger partial charge in [0, 0.05) is 48.9 Å². The third-order valence-electron chi connectivity index (χ3n) is 5.18. The fourth-order valence-corrected chi connectivity index (χ4v) is 3.70. The molecule has 1 fully saturated rings. The maximum Gasteiger partial charge on any atom is 0.290 e. The first kappa shape index (κ1) is 20.4. The molecule has 0 aliphatic carbocycles. The van der Waals surface area contributed by atoms with E-state index in [0.717, 1.165) is 5.75 Å². The lowest BCUT2D eigenvalue weighted by Gasteiger charge is -2.34. The summed E-state index contributed by atoms with van der Waals surface area (Å²) in [7, 11) is 0. The van der Waals surface area contributed by atoms with Crippen molar-refractivity contribution in [3.05, 3.63) is 88.6 Å². The van der Waals surface area contributed by atoms with E-state index in [1.807, 2.05) is 30.3 Å². The third-order valence-corrected chi connectivity index (χ3v) is 5.54. The summed E-state index contributed by atoms with van der Waals surface area (Å²) in [6.07, 6.45) is 1.51. The van der Waals surface area contributed by atoms with Crippen molar-refractivity contribution in [2.45, 2.75) is 13.2 Å². The molecule has 5 nitrogen and oxygen atoms in total. The van der Waals surface area contributed by atoms with Crippen LogP contribution in [0.25, 0.3) is 0 Å². The fourth-order valence-electron chi connectivity index (χ4n) is 3.47. The molecule has 1 saturated heterocycles. The Bertz CT molecular complexity index is 980. The highest BCUT2D eigenvalue weighted by Crippen LogP contribution is 2.22. The summed E-state index contributed by atoms with van der Waals surface area (Å²) in [5.41, 5.74) is 1.20. The largest absolute Gasteiger partial charge is 0.489 e. The van der Waals surface area contributed by atoms with Gasteiger partial charge in [0.05, 0.1) is 6.26 Å². The van der Waals surface area contributed by atoms with Crippen LogP contribution in [-0.4, -0.2) is 41.9 Å². The monoisotopic (exact) mass is 428 g/mol. The first-order valence-corrected chi connectivity index (χ1v) is 10.2. The standard InChI is InChI=1S/C23H22ClFN2O3/c24-20-7-4-8-21(25)19(20)15-26-10-12-27(13-11-26)23(28)22-17(9-14-29-22)16-30-18-5-2-1-3-6-18/h1-9,14H,10-13,15-16H2. The van der Waals surface area contributed by atoms with E-state index in [9.17, 15) is 9.18 Å². The van der Waals surface area contributed by atoms with Crippen LogP contribution in [0.1, 0.15) is 21.7 Å². The molecular formula is C23H22ClFN2O3. The van der Waals surface area contributed by atoms with E-state index < -0.39 is 0 Å². The first-order valence-electron chi connectivity index (χ1n) is 9.80. The van der Waals surface area contributed by atoms with Crippen LogP contribution in [0.15, 0.2) is 65.3 Å². The summed E-state index contributed by atoms with van der Waals surface area (Å²) in [6, 6.07) is 15.9. The summed E-state index contributed by atoms with van der Waals surface area (Å²) in [5.74, 6) is 0.573. The molecular weight excluding hydrogens is 407 g/mol. The van der Waals surface area contributed by atoms with Crippen molar-refractivity contribution in [2.75, 3.05) is 26.2 Å². The highest BCUT2D eigenvalue weighted by molar-refractivity contribution is 6.31. The minimum absolute atomic E-state index is 0.157. The quantitative estimate of drug-likeness (QED) is 0.575. The van der Waals surface area contributed by atoms with E-state index >= 15 is 0 Å². The van der Waals surface area contributed by atoms with Crippen molar-refractivity contribution in [1.29, 1.82) is 0 Å². The lowest BCUT2D eigenvalue weighted by Crippen LogP contribution is -2.48. The molecule has 0 radical (unpaired) electrons. The normalized spacial score (nSPS) is 14.7. The molecule has 156 valence electrons. The predicted octanol–water partition coefficient (Wildman–Crippen LogP) is 4.61. The van der Waals surface area contributed by atoms with Gasteiger partial charge in [-0.05, 0) is 30.3 Å². The summed E-state index contributed by atoms with van der Waals surface area (Å²) >= 11 is 6.13. The smallest absolute Gasteiger partial charge is 0.290 e. The molecule has 0 spiro atoms. The molecule has 7 heteroatoms. The third kappa shape index (κ3) is 4.66. The van der Waals surface area contributed by atoms with Gasteiger partial charge in [-0.3, -0.25) is 9.69 Å². The summed E-state index contributed by atoms with van der Waals surface area (Å²) in [5, 5.41) is 0.423. The lowest BCUT2D eigenvalue weighted by molar-refractivity contribution is 0.0593. The van der Waals surface area contributed by atoms with Crippen molar-refractivity contribution in [3.8, 4) is 5.75 Å². The molecule has 0 N–H and O–H groups in total. The van der Waals surface area contributed by atoms with Crippen LogP contribution < -0.4 is 4.74 Å². The zero-order chi connectivity index (χ0) is 20.9. The van der Waals surface area contributed by atoms with Crippen LogP contribution in [0.2, 0.25) is 5.02 Å². The predicted molar refractivity (Wildman–Crippen MR) is 112 cm³/mol. The molecule has 1 aliphatic rings. The summed E-state index contributed by atoms with van der Waals surface area (Å²) in [6.45, 7) is 3.01. The van der Waals surface area contributed by atoms with Crippen LogP contribution >= 0.6 is 11.6 Å². The second-order valence-corrected chi connectivity index (χ2v) is 7.55. The average Bonchev–Trinajstić information content (AvgIpc) is 3.24. The molecule has 2 aromatic carbocycles. The van der Waals surface area contributed by atoms with E-state index in [1.54, 1.807) is 23.1 Å². The maximum atomic E-state index is 14.0. The van der Waals surface area contributed by atoms with Gasteiger partial charge in [-0.1, -0.05) is 35.9 Å². The number of furan rings is 1. The molecule has 1 aromatic heterocycles. The molecule has 3 aromatic rings. The average molecular weight is 429 g/mol. The topological polar surface area (TPSA) is 45.9 Å². The number of ether oxygens (including phenoxy) is 1. The maximum absolute atomic E-state index is 14.0. The van der Waals surface area contributed by atoms with Crippen LogP contribution in [0.5, 0.6) is 5.75 Å². The van der Waals surface area contributed by atoms with E-state index in [2.05, 4.69) is 4.90 Å². The van der Waals surface area contributed by atoms with Crippen LogP contribution in [-0.2, 0) is 13.2 Å². The zero-order valence-corrected chi connectivity index (χ0v) is 17.1. The van der Waals surface area contributed by atoms with Gasteiger partial charge >= 0.3 is 0 Å². The lowest BCUT2D eigenvalue weighted by atomic mass is 10.1. The Morgan fingerprint density at radius 1 is 1.03 bits per heavy atom. The Hall–Kier alpha value is -2.83. The molecule has 4 rings (SSSR count). The second kappa shape index (κ2) is 9.32. The molecule has 0 bridgehead atoms. The summed E-state index contributed by atoms with van der Waals surface area (Å²) < 4.78 is 25.3. The van der Waals surface area contributed by atoms with E-state index in [1.165, 1.54) is 12.3 Å². The Morgan fingerprint density at radius 2 is 1.80 bits per heavy atom. The van der Waals surface area contributed by atoms with E-state index in [-0.39, 0.29) is 18.3 Å². The molecule has 2 heterocycles. The Morgan fingerprint density at radius 3 is 2.53 bits per heavy atom. The number of carbonyl (C=O) groups excluding carboxylic acids is 1. The molecule has 1 amide bonds. The molecule has 0 unspecified atom stereocenters. The van der Waals surface area contributed by atoms with E-state index in [0.29, 0.717) is 54.6 Å². The molecule has 0 atom stereocenters. The number of rotatable bonds is 6. The molecule has 30 heavy (non-hydrogen) atoms. The van der Waals surface area contributed by atoms with Crippen LogP contribution in [0, 0.1) is 5.82 Å². The van der Waals surface area contributed by atoms with Crippen molar-refractivity contribution >= 4 is 17.5 Å². The number of hydrogen-bond acceptors (Lipinski definition) is 4. The van der Waals surface area contributed by atoms with Gasteiger partial charge in [-0.15, -0.1) is 0 Å². The number of nitrogens with zero attached hydrogens (tertiary/aromatic N) is 2. The van der Waals surface area contributed by atoms with Gasteiger partial charge in [0.15, 0.2) is 5.76 Å². The molecule has 0 saturated carbocycles. The van der Waals surface area contributed by atoms with Gasteiger partial charge < -0.3 is 14.1 Å². The Kier molecular flexibility index (Phi) is 6.35. The molecule has 1 aliphatic heterocycles. The van der Waals surface area contributed by atoms with Gasteiger partial charge in [0.2, 0.25) is 0 Å². The van der Waals surface area contributed by atoms with Crippen molar-refractivity contribution in [2.24, 2.45) is 0 Å². The van der Waals surface area contributed by atoms with Crippen LogP contribution in [0.4, 0.5) is 4.39 Å². The number of para-hydroxylation sites is 1. The Balaban J connectivity index is 1.34. The van der Waals surface area contributed by atoms with Gasteiger partial charge in [0.1, 0.15) is 18.2 Å². The minimum Gasteiger partial charge on any atom is -0.489 e. The van der Waals surface area contributed by atoms with Gasteiger partial charge in [-0.25, -0.2) is 4.39 Å². The minimum atomic E-state index is -0.306. The van der Waals surface area contributed by atoms with E-state index in [4.69, 9.17) is 20.8 Å². The second-order valence-electron chi connectivity index (χ2n) is 7.15. The van der Waals surface area contributed by atoms with Crippen molar-refractivity contribution in [3.63, 3.8) is 0 Å². The number of benzene rings is 2. The SMILES string of the molecule is O=C(c1occc1COc1ccccc1)N1CCN(Cc2c(F)cccc2Cl)CC1. The fraction of sp³-hybridized carbons (Fsp3) is 0.261. The van der Waals surface area contributed by atoms with Crippen LogP contribution in [0.3, 0.4) is 0 Å². The highest BCUT2D eigenvalue weighted by atomic mass is 35.5. The number of amides is 1. The van der Waals surface area contributed by atoms with Gasteiger partial charge in [-0.2, -0.15) is 0 Å².